The molecule has 0 spiro atoms. The Bertz CT molecular complexity index is 260. The zero-order valence-electron chi connectivity index (χ0n) is 7.86. The largest absolute Gasteiger partial charge is 0.504 e. The van der Waals surface area contributed by atoms with E-state index in [9.17, 15) is 5.11 Å². The third-order valence-corrected chi connectivity index (χ3v) is 1.56. The van der Waals surface area contributed by atoms with Crippen LogP contribution in [0.25, 0.3) is 0 Å². The molecule has 0 bridgehead atoms. The van der Waals surface area contributed by atoms with Gasteiger partial charge in [0.2, 0.25) is 0 Å². The highest BCUT2D eigenvalue weighted by Gasteiger charge is 2.05. The van der Waals surface area contributed by atoms with Crippen molar-refractivity contribution in [1.82, 2.24) is 0 Å². The summed E-state index contributed by atoms with van der Waals surface area (Å²) in [6, 6.07) is 6.82. The predicted molar refractivity (Wildman–Crippen MR) is 49.8 cm³/mol. The summed E-state index contributed by atoms with van der Waals surface area (Å²) in [4.78, 5) is 0. The smallest absolute Gasteiger partial charge is 0.197 e. The van der Waals surface area contributed by atoms with Crippen LogP contribution in [0.5, 0.6) is 11.5 Å². The first-order chi connectivity index (χ1) is 6.24. The molecule has 0 heterocycles. The second-order valence-corrected chi connectivity index (χ2v) is 2.61. The Kier molecular flexibility index (Phi) is 3.58. The molecule has 1 rings (SSSR count). The van der Waals surface area contributed by atoms with Crippen molar-refractivity contribution >= 4 is 0 Å². The van der Waals surface area contributed by atoms with E-state index in [1.165, 1.54) is 0 Å². The second kappa shape index (κ2) is 4.72. The van der Waals surface area contributed by atoms with Gasteiger partial charge in [0.05, 0.1) is 0 Å². The van der Waals surface area contributed by atoms with E-state index < -0.39 is 0 Å². The van der Waals surface area contributed by atoms with Crippen molar-refractivity contribution in [2.24, 2.45) is 0 Å². The normalized spacial score (nSPS) is 12.5. The molecule has 0 aromatic heterocycles. The molecular formula is C10H14O3. The average molecular weight is 182 g/mol. The van der Waals surface area contributed by atoms with E-state index in [0.29, 0.717) is 12.4 Å². The fourth-order valence-corrected chi connectivity index (χ4v) is 1.00. The molecule has 0 fully saturated rings. The van der Waals surface area contributed by atoms with Crippen LogP contribution in [0.1, 0.15) is 13.8 Å². The topological polar surface area (TPSA) is 38.7 Å². The third kappa shape index (κ3) is 2.95. The third-order valence-electron chi connectivity index (χ3n) is 1.56. The lowest BCUT2D eigenvalue weighted by Crippen LogP contribution is -2.15. The van der Waals surface area contributed by atoms with Crippen LogP contribution in [0.2, 0.25) is 0 Å². The zero-order valence-corrected chi connectivity index (χ0v) is 7.86. The highest BCUT2D eigenvalue weighted by molar-refractivity contribution is 5.37. The molecule has 1 N–H and O–H groups in total. The van der Waals surface area contributed by atoms with Crippen LogP contribution in [0, 0.1) is 0 Å². The number of rotatable bonds is 4. The maximum Gasteiger partial charge on any atom is 0.197 e. The van der Waals surface area contributed by atoms with Crippen molar-refractivity contribution in [2.75, 3.05) is 6.61 Å². The number of benzene rings is 1. The van der Waals surface area contributed by atoms with Crippen LogP contribution in [-0.4, -0.2) is 18.0 Å². The van der Waals surface area contributed by atoms with E-state index in [0.717, 1.165) is 0 Å². The Hall–Kier alpha value is -1.22. The van der Waals surface area contributed by atoms with Gasteiger partial charge in [-0.05, 0) is 26.0 Å². The first kappa shape index (κ1) is 9.86. The molecule has 0 radical (unpaired) electrons. The van der Waals surface area contributed by atoms with Gasteiger partial charge in [0.1, 0.15) is 0 Å². The maximum atomic E-state index is 9.35. The van der Waals surface area contributed by atoms with E-state index in [2.05, 4.69) is 0 Å². The van der Waals surface area contributed by atoms with Crippen molar-refractivity contribution < 1.29 is 14.6 Å². The summed E-state index contributed by atoms with van der Waals surface area (Å²) in [6.45, 7) is 4.27. The fourth-order valence-electron chi connectivity index (χ4n) is 1.00. The molecule has 3 heteroatoms. The zero-order chi connectivity index (χ0) is 9.68. The highest BCUT2D eigenvalue weighted by Crippen LogP contribution is 2.25. The molecule has 0 saturated heterocycles. The number of phenols is 1. The number of ether oxygens (including phenoxy) is 2. The molecule has 0 aliphatic carbocycles. The lowest BCUT2D eigenvalue weighted by molar-refractivity contribution is -0.0623. The molecule has 13 heavy (non-hydrogen) atoms. The summed E-state index contributed by atoms with van der Waals surface area (Å²) in [7, 11) is 0. The molecule has 1 atom stereocenters. The minimum Gasteiger partial charge on any atom is -0.504 e. The predicted octanol–water partition coefficient (Wildman–Crippen LogP) is 2.15. The molecule has 0 unspecified atom stereocenters. The SMILES string of the molecule is CCO[C@@H](C)Oc1ccccc1O. The van der Waals surface area contributed by atoms with Crippen LogP contribution < -0.4 is 4.74 Å². The molecule has 72 valence electrons. The van der Waals surface area contributed by atoms with Gasteiger partial charge in [-0.1, -0.05) is 12.1 Å². The van der Waals surface area contributed by atoms with Crippen LogP contribution in [0.4, 0.5) is 0 Å². The maximum absolute atomic E-state index is 9.35. The van der Waals surface area contributed by atoms with Gasteiger partial charge in [-0.25, -0.2) is 0 Å². The van der Waals surface area contributed by atoms with Crippen molar-refractivity contribution in [3.05, 3.63) is 24.3 Å². The Morgan fingerprint density at radius 2 is 2.08 bits per heavy atom. The van der Waals surface area contributed by atoms with Gasteiger partial charge >= 0.3 is 0 Å². The Balaban J connectivity index is 2.58. The van der Waals surface area contributed by atoms with E-state index in [1.54, 1.807) is 31.2 Å². The van der Waals surface area contributed by atoms with E-state index >= 15 is 0 Å². The van der Waals surface area contributed by atoms with Gasteiger partial charge in [0.15, 0.2) is 17.8 Å². The van der Waals surface area contributed by atoms with Gasteiger partial charge < -0.3 is 14.6 Å². The van der Waals surface area contributed by atoms with E-state index in [-0.39, 0.29) is 12.0 Å². The number of phenolic OH excluding ortho intramolecular Hbond substituents is 1. The minimum atomic E-state index is -0.335. The van der Waals surface area contributed by atoms with E-state index in [1.807, 2.05) is 6.92 Å². The van der Waals surface area contributed by atoms with Crippen molar-refractivity contribution in [3.8, 4) is 11.5 Å². The highest BCUT2D eigenvalue weighted by atomic mass is 16.7. The standard InChI is InChI=1S/C10H14O3/c1-3-12-8(2)13-10-7-5-4-6-9(10)11/h4-8,11H,3H2,1-2H3/t8-/m1/s1. The van der Waals surface area contributed by atoms with E-state index in [4.69, 9.17) is 9.47 Å². The molecule has 0 aliphatic heterocycles. The molecule has 1 aromatic carbocycles. The van der Waals surface area contributed by atoms with Gasteiger partial charge in [-0.2, -0.15) is 0 Å². The average Bonchev–Trinajstić information content (AvgIpc) is 2.09. The minimum absolute atomic E-state index is 0.133. The number of hydrogen-bond acceptors (Lipinski definition) is 3. The first-order valence-corrected chi connectivity index (χ1v) is 4.30. The summed E-state index contributed by atoms with van der Waals surface area (Å²) in [5.74, 6) is 0.581. The Morgan fingerprint density at radius 1 is 1.38 bits per heavy atom. The number of aromatic hydroxyl groups is 1. The Labute approximate surface area is 77.9 Å². The van der Waals surface area contributed by atoms with Gasteiger partial charge in [0.25, 0.3) is 0 Å². The molecular weight excluding hydrogens is 168 g/mol. The van der Waals surface area contributed by atoms with Gasteiger partial charge in [0, 0.05) is 6.61 Å². The van der Waals surface area contributed by atoms with Crippen LogP contribution in [0.15, 0.2) is 24.3 Å². The first-order valence-electron chi connectivity index (χ1n) is 4.30. The Morgan fingerprint density at radius 3 is 2.69 bits per heavy atom. The van der Waals surface area contributed by atoms with Crippen LogP contribution in [0.3, 0.4) is 0 Å². The quantitative estimate of drug-likeness (QED) is 0.725. The lowest BCUT2D eigenvalue weighted by atomic mass is 10.3. The summed E-state index contributed by atoms with van der Waals surface area (Å²) in [6.07, 6.45) is -0.335. The summed E-state index contributed by atoms with van der Waals surface area (Å²) in [5.41, 5.74) is 0. The summed E-state index contributed by atoms with van der Waals surface area (Å²) < 4.78 is 10.5. The summed E-state index contributed by atoms with van der Waals surface area (Å²) >= 11 is 0. The molecule has 1 aromatic rings. The number of para-hydroxylation sites is 2. The van der Waals surface area contributed by atoms with Crippen molar-refractivity contribution in [2.45, 2.75) is 20.1 Å². The number of hydrogen-bond donors (Lipinski definition) is 1. The molecule has 0 aliphatic rings. The monoisotopic (exact) mass is 182 g/mol. The van der Waals surface area contributed by atoms with Crippen molar-refractivity contribution in [1.29, 1.82) is 0 Å². The van der Waals surface area contributed by atoms with Gasteiger partial charge in [-0.3, -0.25) is 0 Å². The van der Waals surface area contributed by atoms with Gasteiger partial charge in [-0.15, -0.1) is 0 Å². The van der Waals surface area contributed by atoms with Crippen LogP contribution in [-0.2, 0) is 4.74 Å². The lowest BCUT2D eigenvalue weighted by Gasteiger charge is -2.14. The molecule has 0 amide bonds. The summed E-state index contributed by atoms with van der Waals surface area (Å²) in [5, 5.41) is 9.35. The second-order valence-electron chi connectivity index (χ2n) is 2.61. The molecule has 0 saturated carbocycles. The van der Waals surface area contributed by atoms with Crippen LogP contribution >= 0.6 is 0 Å². The fraction of sp³-hybridized carbons (Fsp3) is 0.400. The molecule has 3 nitrogen and oxygen atoms in total. The van der Waals surface area contributed by atoms with Crippen molar-refractivity contribution in [3.63, 3.8) is 0 Å².